The van der Waals surface area contributed by atoms with Crippen molar-refractivity contribution in [1.29, 1.82) is 0 Å². The second-order valence-corrected chi connectivity index (χ2v) is 7.04. The van der Waals surface area contributed by atoms with Gasteiger partial charge in [0.05, 0.1) is 12.2 Å². The Morgan fingerprint density at radius 2 is 2.25 bits per heavy atom. The highest BCUT2D eigenvalue weighted by Gasteiger charge is 2.36. The summed E-state index contributed by atoms with van der Waals surface area (Å²) in [6.07, 6.45) is 2.46. The Kier molecular flexibility index (Phi) is 5.25. The first-order chi connectivity index (χ1) is 11.6. The van der Waals surface area contributed by atoms with Crippen molar-refractivity contribution in [3.63, 3.8) is 0 Å². The Balaban J connectivity index is 1.74. The molecular formula is C16H19N3O3S2. The van der Waals surface area contributed by atoms with Gasteiger partial charge in [-0.25, -0.2) is 4.79 Å². The van der Waals surface area contributed by atoms with E-state index in [9.17, 15) is 9.59 Å². The molecule has 2 fully saturated rings. The van der Waals surface area contributed by atoms with E-state index in [1.807, 2.05) is 30.5 Å². The second-order valence-electron chi connectivity index (χ2n) is 5.66. The van der Waals surface area contributed by atoms with Gasteiger partial charge >= 0.3 is 6.09 Å². The summed E-state index contributed by atoms with van der Waals surface area (Å²) >= 11 is 7.04. The SMILES string of the molecule is CSCCC1NC(=S)N(c2cccc(CN3CCOC3=O)c2)C1=O. The fourth-order valence-electron chi connectivity index (χ4n) is 2.79. The smallest absolute Gasteiger partial charge is 0.410 e. The standard InChI is InChI=1S/C16H19N3O3S2/c1-24-8-5-13-14(20)19(15(23)17-13)12-4-2-3-11(9-12)10-18-6-7-22-16(18)21/h2-4,9,13H,5-8,10H2,1H3,(H,17,23). The number of nitrogens with one attached hydrogen (secondary N) is 1. The molecule has 1 aromatic carbocycles. The summed E-state index contributed by atoms with van der Waals surface area (Å²) in [5.41, 5.74) is 1.67. The molecule has 0 saturated carbocycles. The topological polar surface area (TPSA) is 61.9 Å². The van der Waals surface area contributed by atoms with Crippen LogP contribution in [0.4, 0.5) is 10.5 Å². The first kappa shape index (κ1) is 17.0. The number of amides is 2. The predicted molar refractivity (Wildman–Crippen MR) is 98.2 cm³/mol. The Bertz CT molecular complexity index is 668. The number of carbonyl (C=O) groups excluding carboxylic acids is 2. The number of thioether (sulfide) groups is 1. The van der Waals surface area contributed by atoms with Gasteiger partial charge in [-0.15, -0.1) is 0 Å². The largest absolute Gasteiger partial charge is 0.448 e. The van der Waals surface area contributed by atoms with Crippen LogP contribution < -0.4 is 10.2 Å². The molecule has 1 unspecified atom stereocenters. The van der Waals surface area contributed by atoms with E-state index in [1.165, 1.54) is 0 Å². The molecule has 2 saturated heterocycles. The van der Waals surface area contributed by atoms with Gasteiger partial charge in [0.1, 0.15) is 12.6 Å². The zero-order valence-corrected chi connectivity index (χ0v) is 15.0. The third kappa shape index (κ3) is 3.49. The molecule has 0 aromatic heterocycles. The number of hydrogen-bond donors (Lipinski definition) is 1. The predicted octanol–water partition coefficient (Wildman–Crippen LogP) is 1.98. The van der Waals surface area contributed by atoms with Crippen LogP contribution in [0.1, 0.15) is 12.0 Å². The van der Waals surface area contributed by atoms with Crippen LogP contribution in [0.25, 0.3) is 0 Å². The molecule has 2 aliphatic heterocycles. The Labute approximate surface area is 150 Å². The zero-order valence-electron chi connectivity index (χ0n) is 13.4. The molecule has 6 nitrogen and oxygen atoms in total. The third-order valence-electron chi connectivity index (χ3n) is 4.02. The molecule has 8 heteroatoms. The molecule has 0 aliphatic carbocycles. The van der Waals surface area contributed by atoms with Gasteiger partial charge in [-0.1, -0.05) is 12.1 Å². The van der Waals surface area contributed by atoms with Gasteiger partial charge in [-0.2, -0.15) is 11.8 Å². The number of ether oxygens (including phenoxy) is 1. The molecule has 128 valence electrons. The second kappa shape index (κ2) is 7.40. The van der Waals surface area contributed by atoms with Crippen molar-refractivity contribution in [3.05, 3.63) is 29.8 Å². The van der Waals surface area contributed by atoms with E-state index in [2.05, 4.69) is 5.32 Å². The molecular weight excluding hydrogens is 346 g/mol. The lowest BCUT2D eigenvalue weighted by Gasteiger charge is -2.18. The van der Waals surface area contributed by atoms with Crippen molar-refractivity contribution >= 4 is 46.8 Å². The van der Waals surface area contributed by atoms with Gasteiger partial charge in [-0.3, -0.25) is 9.69 Å². The number of carbonyl (C=O) groups is 2. The van der Waals surface area contributed by atoms with Crippen molar-refractivity contribution in [3.8, 4) is 0 Å². The maximum Gasteiger partial charge on any atom is 0.410 e. The molecule has 0 radical (unpaired) electrons. The molecule has 0 spiro atoms. The lowest BCUT2D eigenvalue weighted by atomic mass is 10.1. The first-order valence-electron chi connectivity index (χ1n) is 7.74. The van der Waals surface area contributed by atoms with Crippen molar-refractivity contribution in [1.82, 2.24) is 10.2 Å². The maximum absolute atomic E-state index is 12.6. The van der Waals surface area contributed by atoms with E-state index in [0.29, 0.717) is 24.8 Å². The number of cyclic esters (lactones) is 1. The van der Waals surface area contributed by atoms with Gasteiger partial charge < -0.3 is 15.0 Å². The van der Waals surface area contributed by atoms with Crippen LogP contribution >= 0.6 is 24.0 Å². The number of hydrogen-bond acceptors (Lipinski definition) is 5. The quantitative estimate of drug-likeness (QED) is 0.778. The number of thiocarbonyl (C=S) groups is 1. The van der Waals surface area contributed by atoms with Gasteiger partial charge in [0, 0.05) is 6.54 Å². The van der Waals surface area contributed by atoms with E-state index < -0.39 is 0 Å². The van der Waals surface area contributed by atoms with E-state index in [4.69, 9.17) is 17.0 Å². The van der Waals surface area contributed by atoms with Crippen LogP contribution in [0.2, 0.25) is 0 Å². The molecule has 2 amide bonds. The fourth-order valence-corrected chi connectivity index (χ4v) is 3.60. The summed E-state index contributed by atoms with van der Waals surface area (Å²) in [7, 11) is 0. The van der Waals surface area contributed by atoms with Gasteiger partial charge in [0.25, 0.3) is 5.91 Å². The summed E-state index contributed by atoms with van der Waals surface area (Å²) in [5, 5.41) is 3.53. The molecule has 0 bridgehead atoms. The summed E-state index contributed by atoms with van der Waals surface area (Å²) < 4.78 is 4.94. The summed E-state index contributed by atoms with van der Waals surface area (Å²) in [4.78, 5) is 27.4. The molecule has 24 heavy (non-hydrogen) atoms. The van der Waals surface area contributed by atoms with E-state index in [1.54, 1.807) is 21.6 Å². The lowest BCUT2D eigenvalue weighted by molar-refractivity contribution is -0.118. The van der Waals surface area contributed by atoms with Crippen molar-refractivity contribution < 1.29 is 14.3 Å². The number of benzene rings is 1. The van der Waals surface area contributed by atoms with E-state index >= 15 is 0 Å². The minimum absolute atomic E-state index is 0.0215. The number of anilines is 1. The highest BCUT2D eigenvalue weighted by molar-refractivity contribution is 7.98. The summed E-state index contributed by atoms with van der Waals surface area (Å²) in [5.74, 6) is 0.878. The molecule has 3 rings (SSSR count). The van der Waals surface area contributed by atoms with Crippen LogP contribution in [-0.2, 0) is 16.1 Å². The fraction of sp³-hybridized carbons (Fsp3) is 0.438. The average Bonchev–Trinajstić information content (AvgIpc) is 3.09. The normalized spacial score (nSPS) is 20.5. The minimum Gasteiger partial charge on any atom is -0.448 e. The zero-order chi connectivity index (χ0) is 17.1. The van der Waals surface area contributed by atoms with Crippen LogP contribution in [0.15, 0.2) is 24.3 Å². The van der Waals surface area contributed by atoms with Crippen LogP contribution in [0.3, 0.4) is 0 Å². The average molecular weight is 365 g/mol. The van der Waals surface area contributed by atoms with Crippen molar-refractivity contribution in [2.24, 2.45) is 0 Å². The Morgan fingerprint density at radius 1 is 1.42 bits per heavy atom. The van der Waals surface area contributed by atoms with Crippen molar-refractivity contribution in [2.75, 3.05) is 30.1 Å². The van der Waals surface area contributed by atoms with Crippen LogP contribution in [0, 0.1) is 0 Å². The van der Waals surface area contributed by atoms with E-state index in [0.717, 1.165) is 23.4 Å². The molecule has 2 heterocycles. The van der Waals surface area contributed by atoms with Gasteiger partial charge in [0.15, 0.2) is 5.11 Å². The molecule has 1 N–H and O–H groups in total. The first-order valence-corrected chi connectivity index (χ1v) is 9.54. The highest BCUT2D eigenvalue weighted by Crippen LogP contribution is 2.23. The van der Waals surface area contributed by atoms with Gasteiger partial charge in [-0.05, 0) is 48.3 Å². The minimum atomic E-state index is -0.299. The number of nitrogens with zero attached hydrogens (tertiary/aromatic N) is 2. The third-order valence-corrected chi connectivity index (χ3v) is 4.96. The molecule has 2 aliphatic rings. The van der Waals surface area contributed by atoms with Gasteiger partial charge in [0.2, 0.25) is 0 Å². The van der Waals surface area contributed by atoms with E-state index in [-0.39, 0.29) is 18.0 Å². The monoisotopic (exact) mass is 365 g/mol. The molecule has 1 aromatic rings. The molecule has 1 atom stereocenters. The Hall–Kier alpha value is -1.80. The maximum atomic E-state index is 12.6. The number of rotatable bonds is 6. The summed E-state index contributed by atoms with van der Waals surface area (Å²) in [6, 6.07) is 7.29. The van der Waals surface area contributed by atoms with Crippen LogP contribution in [-0.4, -0.2) is 53.2 Å². The van der Waals surface area contributed by atoms with Crippen molar-refractivity contribution in [2.45, 2.75) is 19.0 Å². The Morgan fingerprint density at radius 3 is 2.96 bits per heavy atom. The lowest BCUT2D eigenvalue weighted by Crippen LogP contribution is -2.31. The summed E-state index contributed by atoms with van der Waals surface area (Å²) in [6.45, 7) is 1.47. The van der Waals surface area contributed by atoms with Crippen LogP contribution in [0.5, 0.6) is 0 Å². The highest BCUT2D eigenvalue weighted by atomic mass is 32.2.